The highest BCUT2D eigenvalue weighted by molar-refractivity contribution is 6.31. The van der Waals surface area contributed by atoms with E-state index in [1.165, 1.54) is 32.3 Å². The molecule has 4 aromatic rings. The Balaban J connectivity index is 1.68. The maximum Gasteiger partial charge on any atom is 0.294 e. The first-order valence-corrected chi connectivity index (χ1v) is 12.7. The number of carbonyl (C=O) groups excluding carboxylic acids is 2. The zero-order valence-corrected chi connectivity index (χ0v) is 22.9. The van der Waals surface area contributed by atoms with Crippen molar-refractivity contribution < 1.29 is 38.1 Å². The number of anilines is 1. The number of halogens is 1. The van der Waals surface area contributed by atoms with Crippen molar-refractivity contribution in [2.75, 3.05) is 32.8 Å². The van der Waals surface area contributed by atoms with Gasteiger partial charge >= 0.3 is 0 Å². The topological polar surface area (TPSA) is 108 Å². The maximum atomic E-state index is 14.0. The molecule has 3 aromatic carbocycles. The van der Waals surface area contributed by atoms with Gasteiger partial charge in [-0.2, -0.15) is 0 Å². The Morgan fingerprint density at radius 3 is 2.42 bits per heavy atom. The molecule has 10 heteroatoms. The van der Waals surface area contributed by atoms with Crippen LogP contribution in [0.15, 0.2) is 76.4 Å². The molecule has 0 bridgehead atoms. The molecule has 9 nitrogen and oxygen atoms in total. The largest absolute Gasteiger partial charge is 0.503 e. The van der Waals surface area contributed by atoms with E-state index in [1.807, 2.05) is 6.92 Å². The highest BCUT2D eigenvalue weighted by Gasteiger charge is 2.46. The van der Waals surface area contributed by atoms with E-state index in [2.05, 4.69) is 0 Å². The number of rotatable bonds is 9. The van der Waals surface area contributed by atoms with Crippen molar-refractivity contribution in [3.8, 4) is 23.0 Å². The third kappa shape index (κ3) is 4.58. The lowest BCUT2D eigenvalue weighted by Gasteiger charge is -2.27. The van der Waals surface area contributed by atoms with Crippen LogP contribution < -0.4 is 23.8 Å². The van der Waals surface area contributed by atoms with Gasteiger partial charge < -0.3 is 28.5 Å². The summed E-state index contributed by atoms with van der Waals surface area (Å²) in [7, 11) is 4.45. The Kier molecular flexibility index (Phi) is 7.32. The fourth-order valence-corrected chi connectivity index (χ4v) is 5.03. The Labute approximate surface area is 235 Å². The molecule has 1 atom stereocenters. The van der Waals surface area contributed by atoms with E-state index < -0.39 is 23.5 Å². The number of nitrogens with zero attached hydrogens (tertiary/aromatic N) is 1. The zero-order valence-electron chi connectivity index (χ0n) is 22.2. The first-order chi connectivity index (χ1) is 19.3. The van der Waals surface area contributed by atoms with Gasteiger partial charge in [-0.15, -0.1) is 0 Å². The van der Waals surface area contributed by atoms with Crippen LogP contribution in [0, 0.1) is 0 Å². The van der Waals surface area contributed by atoms with Crippen LogP contribution in [0.1, 0.15) is 29.1 Å². The highest BCUT2D eigenvalue weighted by Crippen LogP contribution is 2.45. The van der Waals surface area contributed by atoms with Gasteiger partial charge in [-0.1, -0.05) is 23.7 Å². The zero-order chi connectivity index (χ0) is 28.6. The predicted molar refractivity (Wildman–Crippen MR) is 149 cm³/mol. The van der Waals surface area contributed by atoms with Gasteiger partial charge in [0.25, 0.3) is 5.91 Å². The fourth-order valence-electron chi connectivity index (χ4n) is 4.81. The summed E-state index contributed by atoms with van der Waals surface area (Å²) < 4.78 is 27.7. The molecule has 5 rings (SSSR count). The molecule has 0 spiro atoms. The number of ketones is 1. The molecule has 0 saturated heterocycles. The third-order valence-corrected chi connectivity index (χ3v) is 6.79. The molecule has 1 unspecified atom stereocenters. The number of carbonyl (C=O) groups is 2. The summed E-state index contributed by atoms with van der Waals surface area (Å²) in [5, 5.41) is 12.1. The number of benzene rings is 3. The lowest BCUT2D eigenvalue weighted by molar-refractivity contribution is -0.117. The number of fused-ring (bicyclic) bond motifs is 1. The van der Waals surface area contributed by atoms with Gasteiger partial charge in [-0.25, -0.2) is 0 Å². The van der Waals surface area contributed by atoms with Crippen LogP contribution in [0.25, 0.3) is 11.0 Å². The predicted octanol–water partition coefficient (Wildman–Crippen LogP) is 6.29. The maximum absolute atomic E-state index is 14.0. The lowest BCUT2D eigenvalue weighted by atomic mass is 9.94. The molecule has 1 amide bonds. The molecule has 1 aliphatic rings. The summed E-state index contributed by atoms with van der Waals surface area (Å²) in [4.78, 5) is 29.0. The number of ether oxygens (including phenoxy) is 4. The van der Waals surface area contributed by atoms with E-state index in [9.17, 15) is 14.7 Å². The van der Waals surface area contributed by atoms with Gasteiger partial charge in [0, 0.05) is 28.2 Å². The fraction of sp³-hybridized carbons (Fsp3) is 0.200. The number of furan rings is 1. The van der Waals surface area contributed by atoms with E-state index in [1.54, 1.807) is 54.6 Å². The van der Waals surface area contributed by atoms with Crippen LogP contribution >= 0.6 is 11.6 Å². The minimum atomic E-state index is -1.03. The monoisotopic (exact) mass is 563 g/mol. The Morgan fingerprint density at radius 1 is 0.975 bits per heavy atom. The molecule has 2 heterocycles. The van der Waals surface area contributed by atoms with Gasteiger partial charge in [0.05, 0.1) is 39.6 Å². The number of aliphatic hydroxyl groups excluding tert-OH is 1. The number of aliphatic hydroxyl groups is 1. The van der Waals surface area contributed by atoms with E-state index in [-0.39, 0.29) is 11.3 Å². The minimum absolute atomic E-state index is 0.0969. The SMILES string of the molecule is CCOc1cccc(N2C(=O)C(O)=C(C(=O)c3cc4cc(Cl)cc(OC)c4o3)C2c2ccc(OC)c(OC)c2)c1. The summed E-state index contributed by atoms with van der Waals surface area (Å²) in [5.41, 5.74) is 1.06. The Hall–Kier alpha value is -4.63. The number of Topliss-reactive ketones (excluding diaryl/α,β-unsaturated/α-hetero) is 1. The number of methoxy groups -OCH3 is 3. The first-order valence-electron chi connectivity index (χ1n) is 12.3. The average molecular weight is 564 g/mol. The van der Waals surface area contributed by atoms with Gasteiger partial charge in [-0.05, 0) is 48.9 Å². The molecule has 0 saturated carbocycles. The molecule has 0 fully saturated rings. The van der Waals surface area contributed by atoms with E-state index >= 15 is 0 Å². The average Bonchev–Trinajstić information content (AvgIpc) is 3.50. The van der Waals surface area contributed by atoms with Crippen LogP contribution in [0.5, 0.6) is 23.0 Å². The molecular weight excluding hydrogens is 538 g/mol. The second-order valence-electron chi connectivity index (χ2n) is 8.85. The first kappa shape index (κ1) is 27.0. The molecule has 1 aromatic heterocycles. The highest BCUT2D eigenvalue weighted by atomic mass is 35.5. The van der Waals surface area contributed by atoms with Crippen LogP contribution in [-0.4, -0.2) is 44.7 Å². The number of hydrogen-bond acceptors (Lipinski definition) is 8. The van der Waals surface area contributed by atoms with Gasteiger partial charge in [-0.3, -0.25) is 14.5 Å². The van der Waals surface area contributed by atoms with Gasteiger partial charge in [0.1, 0.15) is 5.75 Å². The van der Waals surface area contributed by atoms with E-state index in [0.29, 0.717) is 56.8 Å². The summed E-state index contributed by atoms with van der Waals surface area (Å²) in [6.45, 7) is 2.27. The number of hydrogen-bond donors (Lipinski definition) is 1. The van der Waals surface area contributed by atoms with E-state index in [0.717, 1.165) is 0 Å². The second kappa shape index (κ2) is 10.9. The van der Waals surface area contributed by atoms with Crippen LogP contribution in [0.3, 0.4) is 0 Å². The summed E-state index contributed by atoms with van der Waals surface area (Å²) in [6.07, 6.45) is 0. The summed E-state index contributed by atoms with van der Waals surface area (Å²) in [6, 6.07) is 15.5. The molecule has 1 N–H and O–H groups in total. The Morgan fingerprint density at radius 2 is 1.73 bits per heavy atom. The van der Waals surface area contributed by atoms with Crippen molar-refractivity contribution in [1.82, 2.24) is 0 Å². The molecule has 206 valence electrons. The molecule has 0 radical (unpaired) electrons. The van der Waals surface area contributed by atoms with Crippen molar-refractivity contribution in [3.05, 3.63) is 88.3 Å². The van der Waals surface area contributed by atoms with Crippen molar-refractivity contribution in [2.24, 2.45) is 0 Å². The quantitative estimate of drug-likeness (QED) is 0.237. The van der Waals surface area contributed by atoms with Crippen LogP contribution in [-0.2, 0) is 4.79 Å². The van der Waals surface area contributed by atoms with Gasteiger partial charge in [0.2, 0.25) is 5.78 Å². The van der Waals surface area contributed by atoms with Crippen molar-refractivity contribution in [1.29, 1.82) is 0 Å². The molecule has 1 aliphatic heterocycles. The lowest BCUT2D eigenvalue weighted by Crippen LogP contribution is -2.31. The van der Waals surface area contributed by atoms with E-state index in [4.69, 9.17) is 35.0 Å². The molecule has 40 heavy (non-hydrogen) atoms. The van der Waals surface area contributed by atoms with Crippen LogP contribution in [0.4, 0.5) is 5.69 Å². The molecular formula is C30H26ClNO8. The minimum Gasteiger partial charge on any atom is -0.503 e. The summed E-state index contributed by atoms with van der Waals surface area (Å²) in [5.74, 6) is -0.513. The van der Waals surface area contributed by atoms with Crippen molar-refractivity contribution in [2.45, 2.75) is 13.0 Å². The normalized spacial score (nSPS) is 15.1. The van der Waals surface area contributed by atoms with Crippen LogP contribution in [0.2, 0.25) is 5.02 Å². The Bertz CT molecular complexity index is 1660. The second-order valence-corrected chi connectivity index (χ2v) is 9.29. The summed E-state index contributed by atoms with van der Waals surface area (Å²) >= 11 is 6.20. The van der Waals surface area contributed by atoms with Crippen molar-refractivity contribution >= 4 is 39.9 Å². The standard InChI is InChI=1S/C30H26ClNO8/c1-5-39-20-8-6-7-19(15-20)32-26(16-9-10-21(36-2)22(12-16)37-3)25(28(34)30(32)35)27(33)23-13-17-11-18(31)14-24(38-4)29(17)40-23/h6-15,26,34H,5H2,1-4H3. The smallest absolute Gasteiger partial charge is 0.294 e. The third-order valence-electron chi connectivity index (χ3n) is 6.57. The molecule has 0 aliphatic carbocycles. The number of amides is 1. The van der Waals surface area contributed by atoms with Crippen molar-refractivity contribution in [3.63, 3.8) is 0 Å². The van der Waals surface area contributed by atoms with Gasteiger partial charge in [0.15, 0.2) is 34.4 Å².